The number of methoxy groups -OCH3 is 2. The first-order valence-electron chi connectivity index (χ1n) is 11.1. The van der Waals surface area contributed by atoms with Crippen LogP contribution in [0.2, 0.25) is 0 Å². The number of ether oxygens (including phenoxy) is 2. The summed E-state index contributed by atoms with van der Waals surface area (Å²) in [5.74, 6) is -1.20. The number of hydrogen-bond donors (Lipinski definition) is 1. The lowest BCUT2D eigenvalue weighted by molar-refractivity contribution is -0.132. The number of aliphatic hydroxyl groups is 1. The fourth-order valence-electron chi connectivity index (χ4n) is 4.39. The van der Waals surface area contributed by atoms with Crippen molar-refractivity contribution in [1.82, 2.24) is 0 Å². The number of amides is 1. The summed E-state index contributed by atoms with van der Waals surface area (Å²) >= 11 is 0. The van der Waals surface area contributed by atoms with Gasteiger partial charge in [-0.05, 0) is 48.9 Å². The lowest BCUT2D eigenvalue weighted by atomic mass is 9.93. The van der Waals surface area contributed by atoms with E-state index in [1.54, 1.807) is 30.3 Å². The van der Waals surface area contributed by atoms with E-state index in [-0.39, 0.29) is 16.9 Å². The van der Waals surface area contributed by atoms with Crippen LogP contribution in [0.1, 0.15) is 22.7 Å². The summed E-state index contributed by atoms with van der Waals surface area (Å²) < 4.78 is 10.9. The van der Waals surface area contributed by atoms with Crippen molar-refractivity contribution in [2.24, 2.45) is 0 Å². The summed E-state index contributed by atoms with van der Waals surface area (Å²) in [4.78, 5) is 30.2. The number of anilines is 2. The van der Waals surface area contributed by atoms with Crippen LogP contribution < -0.4 is 19.3 Å². The minimum Gasteiger partial charge on any atom is -0.506 e. The molecular formula is C28H28N2O5. The highest BCUT2D eigenvalue weighted by atomic mass is 16.5. The smallest absolute Gasteiger partial charge is 0.300 e. The standard InChI is InChI=1S/C28H28N2O5/c1-17-8-6-9-18(16-17)25-24(26(31)23-21(34-4)10-7-11-22(23)35-5)27(32)28(33)30(25)20-14-12-19(13-15-20)29(2)3/h6-16,25,31H,1-5H3/b26-24+. The summed E-state index contributed by atoms with van der Waals surface area (Å²) in [6, 6.07) is 19.1. The van der Waals surface area contributed by atoms with Gasteiger partial charge in [-0.25, -0.2) is 0 Å². The van der Waals surface area contributed by atoms with Gasteiger partial charge in [-0.15, -0.1) is 0 Å². The highest BCUT2D eigenvalue weighted by Gasteiger charge is 2.47. The highest BCUT2D eigenvalue weighted by molar-refractivity contribution is 6.51. The molecule has 0 bridgehead atoms. The molecule has 0 aromatic heterocycles. The first-order chi connectivity index (χ1) is 16.8. The molecule has 4 rings (SSSR count). The number of carbonyl (C=O) groups is 2. The Hall–Kier alpha value is -4.26. The number of nitrogens with zero attached hydrogens (tertiary/aromatic N) is 2. The molecule has 1 atom stereocenters. The maximum absolute atomic E-state index is 13.4. The largest absolute Gasteiger partial charge is 0.506 e. The fraction of sp³-hybridized carbons (Fsp3) is 0.214. The molecule has 1 unspecified atom stereocenters. The van der Waals surface area contributed by atoms with Crippen LogP contribution >= 0.6 is 0 Å². The van der Waals surface area contributed by atoms with E-state index in [1.807, 2.05) is 62.3 Å². The predicted molar refractivity (Wildman–Crippen MR) is 136 cm³/mol. The maximum atomic E-state index is 13.4. The van der Waals surface area contributed by atoms with E-state index in [0.717, 1.165) is 11.3 Å². The van der Waals surface area contributed by atoms with Crippen molar-refractivity contribution < 1.29 is 24.2 Å². The molecule has 7 heteroatoms. The number of carbonyl (C=O) groups excluding carboxylic acids is 2. The molecule has 1 aliphatic heterocycles. The van der Waals surface area contributed by atoms with Crippen molar-refractivity contribution in [2.75, 3.05) is 38.1 Å². The third-order valence-electron chi connectivity index (χ3n) is 6.11. The second-order valence-corrected chi connectivity index (χ2v) is 8.53. The molecule has 1 N–H and O–H groups in total. The average Bonchev–Trinajstić information content (AvgIpc) is 3.13. The molecule has 0 spiro atoms. The van der Waals surface area contributed by atoms with E-state index in [0.29, 0.717) is 22.7 Å². The van der Waals surface area contributed by atoms with Crippen LogP contribution in [0.4, 0.5) is 11.4 Å². The van der Waals surface area contributed by atoms with Crippen molar-refractivity contribution in [1.29, 1.82) is 0 Å². The van der Waals surface area contributed by atoms with Gasteiger partial charge in [-0.3, -0.25) is 14.5 Å². The van der Waals surface area contributed by atoms with Gasteiger partial charge >= 0.3 is 0 Å². The van der Waals surface area contributed by atoms with Gasteiger partial charge < -0.3 is 19.5 Å². The number of ketones is 1. The normalized spacial score (nSPS) is 16.9. The lowest BCUT2D eigenvalue weighted by Crippen LogP contribution is -2.29. The molecule has 0 saturated carbocycles. The maximum Gasteiger partial charge on any atom is 0.300 e. The van der Waals surface area contributed by atoms with Gasteiger partial charge in [-0.1, -0.05) is 35.9 Å². The number of aliphatic hydroxyl groups excluding tert-OH is 1. The van der Waals surface area contributed by atoms with Crippen molar-refractivity contribution in [3.05, 3.63) is 89.0 Å². The number of benzene rings is 3. The first-order valence-corrected chi connectivity index (χ1v) is 11.1. The fourth-order valence-corrected chi connectivity index (χ4v) is 4.39. The minimum atomic E-state index is -0.838. The summed E-state index contributed by atoms with van der Waals surface area (Å²) in [5.41, 5.74) is 3.37. The minimum absolute atomic E-state index is 0.0277. The van der Waals surface area contributed by atoms with E-state index >= 15 is 0 Å². The molecular weight excluding hydrogens is 444 g/mol. The number of aryl methyl sites for hydroxylation is 1. The third kappa shape index (κ3) is 4.21. The summed E-state index contributed by atoms with van der Waals surface area (Å²) in [6.45, 7) is 1.94. The Morgan fingerprint density at radius 3 is 2.06 bits per heavy atom. The zero-order valence-corrected chi connectivity index (χ0v) is 20.4. The summed E-state index contributed by atoms with van der Waals surface area (Å²) in [6.07, 6.45) is 0. The van der Waals surface area contributed by atoms with Gasteiger partial charge in [0.1, 0.15) is 22.8 Å². The molecule has 3 aromatic rings. The van der Waals surface area contributed by atoms with Crippen LogP contribution in [0.15, 0.2) is 72.3 Å². The number of hydrogen-bond acceptors (Lipinski definition) is 6. The molecule has 1 heterocycles. The first kappa shape index (κ1) is 23.9. The Balaban J connectivity index is 1.98. The van der Waals surface area contributed by atoms with Gasteiger partial charge in [-0.2, -0.15) is 0 Å². The molecule has 1 aliphatic rings. The molecule has 180 valence electrons. The van der Waals surface area contributed by atoms with Crippen molar-refractivity contribution in [3.63, 3.8) is 0 Å². The molecule has 1 fully saturated rings. The lowest BCUT2D eigenvalue weighted by Gasteiger charge is -2.26. The molecule has 0 radical (unpaired) electrons. The topological polar surface area (TPSA) is 79.3 Å². The number of Topliss-reactive ketones (excluding diaryl/α,β-unsaturated/α-hetero) is 1. The van der Waals surface area contributed by atoms with Gasteiger partial charge in [0, 0.05) is 25.5 Å². The van der Waals surface area contributed by atoms with E-state index in [1.165, 1.54) is 19.1 Å². The summed E-state index contributed by atoms with van der Waals surface area (Å²) in [7, 11) is 6.78. The van der Waals surface area contributed by atoms with Crippen molar-refractivity contribution >= 4 is 28.8 Å². The predicted octanol–water partition coefficient (Wildman–Crippen LogP) is 4.70. The van der Waals surface area contributed by atoms with E-state index in [2.05, 4.69) is 0 Å². The molecule has 7 nitrogen and oxygen atoms in total. The van der Waals surface area contributed by atoms with Crippen LogP contribution in [0, 0.1) is 6.92 Å². The van der Waals surface area contributed by atoms with Gasteiger partial charge in [0.15, 0.2) is 0 Å². The Labute approximate surface area is 204 Å². The van der Waals surface area contributed by atoms with Crippen LogP contribution in [0.25, 0.3) is 5.76 Å². The zero-order chi connectivity index (χ0) is 25.3. The SMILES string of the molecule is COc1cccc(OC)c1/C(O)=C1\C(=O)C(=O)N(c2ccc(N(C)C)cc2)C1c1cccc(C)c1. The molecule has 1 amide bonds. The van der Waals surface area contributed by atoms with E-state index < -0.39 is 17.7 Å². The zero-order valence-electron chi connectivity index (χ0n) is 20.4. The molecule has 0 aliphatic carbocycles. The Morgan fingerprint density at radius 2 is 1.51 bits per heavy atom. The van der Waals surface area contributed by atoms with Gasteiger partial charge in [0.2, 0.25) is 0 Å². The van der Waals surface area contributed by atoms with Crippen LogP contribution in [-0.2, 0) is 9.59 Å². The number of rotatable bonds is 6. The van der Waals surface area contributed by atoms with Gasteiger partial charge in [0.05, 0.1) is 25.8 Å². The Kier molecular flexibility index (Phi) is 6.51. The summed E-state index contributed by atoms with van der Waals surface area (Å²) in [5, 5.41) is 11.5. The van der Waals surface area contributed by atoms with Crippen molar-refractivity contribution in [2.45, 2.75) is 13.0 Å². The Bertz CT molecular complexity index is 1290. The third-order valence-corrected chi connectivity index (χ3v) is 6.11. The van der Waals surface area contributed by atoms with Gasteiger partial charge in [0.25, 0.3) is 11.7 Å². The van der Waals surface area contributed by atoms with E-state index in [9.17, 15) is 14.7 Å². The monoisotopic (exact) mass is 472 g/mol. The highest BCUT2D eigenvalue weighted by Crippen LogP contribution is 2.45. The quantitative estimate of drug-likeness (QED) is 0.318. The van der Waals surface area contributed by atoms with Crippen LogP contribution in [0.3, 0.4) is 0 Å². The van der Waals surface area contributed by atoms with Crippen LogP contribution in [-0.4, -0.2) is 45.1 Å². The molecule has 1 saturated heterocycles. The second-order valence-electron chi connectivity index (χ2n) is 8.53. The molecule has 3 aromatic carbocycles. The Morgan fingerprint density at radius 1 is 0.914 bits per heavy atom. The average molecular weight is 473 g/mol. The molecule has 35 heavy (non-hydrogen) atoms. The second kappa shape index (κ2) is 9.54. The van der Waals surface area contributed by atoms with Crippen molar-refractivity contribution in [3.8, 4) is 11.5 Å². The van der Waals surface area contributed by atoms with E-state index in [4.69, 9.17) is 9.47 Å². The van der Waals surface area contributed by atoms with Crippen LogP contribution in [0.5, 0.6) is 11.5 Å².